The van der Waals surface area contributed by atoms with Crippen molar-refractivity contribution in [2.75, 3.05) is 25.4 Å². The molecule has 1 heterocycles. The number of hydrogen-bond acceptors (Lipinski definition) is 3. The predicted molar refractivity (Wildman–Crippen MR) is 69.5 cm³/mol. The molecule has 0 aliphatic carbocycles. The maximum atomic E-state index is 12.1. The summed E-state index contributed by atoms with van der Waals surface area (Å²) in [6.07, 6.45) is 0. The number of nitrogens with one attached hydrogen (secondary N) is 1. The van der Waals surface area contributed by atoms with E-state index in [-0.39, 0.29) is 29.6 Å². The Balaban J connectivity index is 0.00000225. The molecule has 0 aromatic heterocycles. The van der Waals surface area contributed by atoms with Gasteiger partial charge in [0.15, 0.2) is 0 Å². The van der Waals surface area contributed by atoms with Gasteiger partial charge in [-0.1, -0.05) is 20.8 Å². The molecule has 0 aromatic rings. The Hall–Kier alpha value is 0.160. The standard InChI is InChI=1S/C10H22N2O2S.ClH/c1-9-7-11-5-6-12(9)15(13,14)8-10(2,3)4;/h9,11H,5-8H2,1-4H3;1H/t9-;/m1./s1. The second kappa shape index (κ2) is 5.67. The van der Waals surface area contributed by atoms with Gasteiger partial charge in [0.05, 0.1) is 5.75 Å². The molecule has 0 bridgehead atoms. The van der Waals surface area contributed by atoms with Gasteiger partial charge in [0.2, 0.25) is 10.0 Å². The van der Waals surface area contributed by atoms with Gasteiger partial charge in [0.1, 0.15) is 0 Å². The molecule has 16 heavy (non-hydrogen) atoms. The molecule has 0 saturated carbocycles. The topological polar surface area (TPSA) is 49.4 Å². The molecule has 1 aliphatic heterocycles. The van der Waals surface area contributed by atoms with Gasteiger partial charge in [-0.3, -0.25) is 0 Å². The first-order valence-corrected chi connectivity index (χ1v) is 7.03. The fourth-order valence-electron chi connectivity index (χ4n) is 1.87. The van der Waals surface area contributed by atoms with Gasteiger partial charge in [0, 0.05) is 25.7 Å². The molecule has 4 nitrogen and oxygen atoms in total. The number of rotatable bonds is 2. The highest BCUT2D eigenvalue weighted by Crippen LogP contribution is 2.20. The second-order valence-corrected chi connectivity index (χ2v) is 7.40. The molecule has 0 unspecified atom stereocenters. The van der Waals surface area contributed by atoms with Crippen LogP contribution in [0.1, 0.15) is 27.7 Å². The molecule has 1 N–H and O–H groups in total. The van der Waals surface area contributed by atoms with E-state index in [1.807, 2.05) is 27.7 Å². The van der Waals surface area contributed by atoms with Crippen molar-refractivity contribution in [2.45, 2.75) is 33.7 Å². The van der Waals surface area contributed by atoms with Crippen LogP contribution in [0.4, 0.5) is 0 Å². The lowest BCUT2D eigenvalue weighted by molar-refractivity contribution is 0.279. The van der Waals surface area contributed by atoms with Gasteiger partial charge in [-0.05, 0) is 12.3 Å². The third-order valence-electron chi connectivity index (χ3n) is 2.41. The molecule has 0 amide bonds. The Kier molecular flexibility index (Phi) is 5.72. The second-order valence-electron chi connectivity index (χ2n) is 5.48. The zero-order valence-electron chi connectivity index (χ0n) is 10.5. The van der Waals surface area contributed by atoms with E-state index in [0.29, 0.717) is 6.54 Å². The van der Waals surface area contributed by atoms with Gasteiger partial charge in [-0.15, -0.1) is 12.4 Å². The maximum absolute atomic E-state index is 12.1. The highest BCUT2D eigenvalue weighted by atomic mass is 35.5. The molecule has 98 valence electrons. The minimum Gasteiger partial charge on any atom is -0.314 e. The van der Waals surface area contributed by atoms with Crippen molar-refractivity contribution >= 4 is 22.4 Å². The van der Waals surface area contributed by atoms with Crippen LogP contribution >= 0.6 is 12.4 Å². The number of sulfonamides is 1. The van der Waals surface area contributed by atoms with E-state index in [2.05, 4.69) is 5.32 Å². The molecule has 1 aliphatic rings. The van der Waals surface area contributed by atoms with Gasteiger partial charge in [-0.2, -0.15) is 4.31 Å². The van der Waals surface area contributed by atoms with Crippen molar-refractivity contribution in [3.63, 3.8) is 0 Å². The van der Waals surface area contributed by atoms with E-state index in [4.69, 9.17) is 0 Å². The Labute approximate surface area is 105 Å². The van der Waals surface area contributed by atoms with Crippen LogP contribution in [0.25, 0.3) is 0 Å². The smallest absolute Gasteiger partial charge is 0.214 e. The van der Waals surface area contributed by atoms with Crippen molar-refractivity contribution in [3.8, 4) is 0 Å². The van der Waals surface area contributed by atoms with Crippen molar-refractivity contribution in [3.05, 3.63) is 0 Å². The van der Waals surface area contributed by atoms with E-state index >= 15 is 0 Å². The Morgan fingerprint density at radius 1 is 1.38 bits per heavy atom. The van der Waals surface area contributed by atoms with Crippen LogP contribution in [-0.4, -0.2) is 44.2 Å². The molecule has 1 atom stereocenters. The summed E-state index contributed by atoms with van der Waals surface area (Å²) in [4.78, 5) is 0. The van der Waals surface area contributed by atoms with Crippen LogP contribution in [-0.2, 0) is 10.0 Å². The molecule has 0 spiro atoms. The van der Waals surface area contributed by atoms with Crippen LogP contribution in [0.2, 0.25) is 0 Å². The first-order valence-electron chi connectivity index (χ1n) is 5.43. The molecular weight excluding hydrogens is 248 g/mol. The molecule has 1 saturated heterocycles. The Morgan fingerprint density at radius 2 is 1.94 bits per heavy atom. The average Bonchev–Trinajstić information content (AvgIpc) is 1.99. The third-order valence-corrected chi connectivity index (χ3v) is 4.90. The predicted octanol–water partition coefficient (Wildman–Crippen LogP) is 1.08. The lowest BCUT2D eigenvalue weighted by atomic mass is 10.0. The van der Waals surface area contributed by atoms with Crippen molar-refractivity contribution in [2.24, 2.45) is 5.41 Å². The summed E-state index contributed by atoms with van der Waals surface area (Å²) in [6, 6.07) is 0.0751. The minimum absolute atomic E-state index is 0. The quantitative estimate of drug-likeness (QED) is 0.817. The van der Waals surface area contributed by atoms with E-state index < -0.39 is 10.0 Å². The van der Waals surface area contributed by atoms with Gasteiger partial charge in [-0.25, -0.2) is 8.42 Å². The maximum Gasteiger partial charge on any atom is 0.214 e. The molecular formula is C10H23ClN2O2S. The molecule has 0 radical (unpaired) electrons. The van der Waals surface area contributed by atoms with Gasteiger partial charge in [0.25, 0.3) is 0 Å². The van der Waals surface area contributed by atoms with Gasteiger partial charge < -0.3 is 5.32 Å². The van der Waals surface area contributed by atoms with Crippen molar-refractivity contribution in [1.82, 2.24) is 9.62 Å². The van der Waals surface area contributed by atoms with E-state index in [1.54, 1.807) is 4.31 Å². The fraction of sp³-hybridized carbons (Fsp3) is 1.00. The average molecular weight is 271 g/mol. The third kappa shape index (κ3) is 4.57. The zero-order chi connectivity index (χ0) is 11.7. The van der Waals surface area contributed by atoms with Crippen LogP contribution in [0, 0.1) is 5.41 Å². The fourth-order valence-corrected chi connectivity index (χ4v) is 4.12. The summed E-state index contributed by atoms with van der Waals surface area (Å²) in [6.45, 7) is 9.93. The summed E-state index contributed by atoms with van der Waals surface area (Å²) in [5.41, 5.74) is -0.177. The summed E-state index contributed by atoms with van der Waals surface area (Å²) >= 11 is 0. The van der Waals surface area contributed by atoms with E-state index in [9.17, 15) is 8.42 Å². The Bertz CT molecular complexity index is 311. The molecule has 6 heteroatoms. The molecule has 1 fully saturated rings. The highest BCUT2D eigenvalue weighted by Gasteiger charge is 2.32. The lowest BCUT2D eigenvalue weighted by Gasteiger charge is -2.34. The summed E-state index contributed by atoms with van der Waals surface area (Å²) < 4.78 is 25.9. The van der Waals surface area contributed by atoms with Crippen LogP contribution in [0.3, 0.4) is 0 Å². The monoisotopic (exact) mass is 270 g/mol. The SMILES string of the molecule is C[C@@H]1CNCCN1S(=O)(=O)CC(C)(C)C.Cl. The van der Waals surface area contributed by atoms with E-state index in [0.717, 1.165) is 13.1 Å². The van der Waals surface area contributed by atoms with Crippen LogP contribution in [0.5, 0.6) is 0 Å². The number of halogens is 1. The van der Waals surface area contributed by atoms with Crippen LogP contribution < -0.4 is 5.32 Å². The Morgan fingerprint density at radius 3 is 2.38 bits per heavy atom. The number of piperazine rings is 1. The lowest BCUT2D eigenvalue weighted by Crippen LogP contribution is -2.53. The van der Waals surface area contributed by atoms with Crippen molar-refractivity contribution in [1.29, 1.82) is 0 Å². The number of hydrogen-bond donors (Lipinski definition) is 1. The largest absolute Gasteiger partial charge is 0.314 e. The highest BCUT2D eigenvalue weighted by molar-refractivity contribution is 7.89. The first-order chi connectivity index (χ1) is 6.72. The summed E-state index contributed by atoms with van der Waals surface area (Å²) in [7, 11) is -3.10. The molecule has 0 aromatic carbocycles. The van der Waals surface area contributed by atoms with E-state index in [1.165, 1.54) is 0 Å². The summed E-state index contributed by atoms with van der Waals surface area (Å²) in [5, 5.41) is 3.19. The van der Waals surface area contributed by atoms with Gasteiger partial charge >= 0.3 is 0 Å². The minimum atomic E-state index is -3.10. The zero-order valence-corrected chi connectivity index (χ0v) is 12.1. The normalized spacial score (nSPS) is 23.9. The molecule has 1 rings (SSSR count). The van der Waals surface area contributed by atoms with Crippen molar-refractivity contribution < 1.29 is 8.42 Å². The first kappa shape index (κ1) is 16.2. The van der Waals surface area contributed by atoms with Crippen LogP contribution in [0.15, 0.2) is 0 Å². The number of nitrogens with zero attached hydrogens (tertiary/aromatic N) is 1. The summed E-state index contributed by atoms with van der Waals surface area (Å²) in [5.74, 6) is 0.227.